The van der Waals surface area contributed by atoms with Crippen molar-refractivity contribution < 1.29 is 14.3 Å². The van der Waals surface area contributed by atoms with E-state index in [1.807, 2.05) is 92.7 Å². The predicted octanol–water partition coefficient (Wildman–Crippen LogP) is 4.36. The summed E-state index contributed by atoms with van der Waals surface area (Å²) in [6.07, 6.45) is 0.459. The van der Waals surface area contributed by atoms with E-state index in [4.69, 9.17) is 4.74 Å². The van der Waals surface area contributed by atoms with Crippen molar-refractivity contribution in [2.24, 2.45) is 0 Å². The molecule has 1 atom stereocenters. The number of rotatable bonds is 7. The van der Waals surface area contributed by atoms with Crippen molar-refractivity contribution in [2.75, 3.05) is 6.61 Å². The number of amides is 2. The van der Waals surface area contributed by atoms with Crippen LogP contribution in [0.3, 0.4) is 0 Å². The summed E-state index contributed by atoms with van der Waals surface area (Å²) in [5.74, 6) is 0.460. The van der Waals surface area contributed by atoms with Crippen molar-refractivity contribution in [1.29, 1.82) is 0 Å². The Morgan fingerprint density at radius 1 is 1.00 bits per heavy atom. The Morgan fingerprint density at radius 2 is 1.72 bits per heavy atom. The number of carbonyl (C=O) groups excluding carboxylic acids is 2. The summed E-state index contributed by atoms with van der Waals surface area (Å²) < 4.78 is 5.62. The second kappa shape index (κ2) is 9.27. The molecule has 3 aromatic carbocycles. The van der Waals surface area contributed by atoms with Gasteiger partial charge in [0.25, 0.3) is 5.91 Å². The maximum atomic E-state index is 13.5. The standard InChI is InChI=1S/C27H28N2O3/c1-3-32-23-14-9-12-21(16-23)19-29-25(30)24-15-8-7-13-22(24)17-27(29,2)26(31)28-18-20-10-5-4-6-11-20/h4-16H,3,17-19H2,1-2H3,(H,28,31)/t27-/m0/s1. The molecule has 32 heavy (non-hydrogen) atoms. The number of nitrogens with zero attached hydrogens (tertiary/aromatic N) is 1. The number of hydrogen-bond donors (Lipinski definition) is 1. The topological polar surface area (TPSA) is 58.6 Å². The fourth-order valence-electron chi connectivity index (χ4n) is 4.22. The summed E-state index contributed by atoms with van der Waals surface area (Å²) >= 11 is 0. The van der Waals surface area contributed by atoms with E-state index < -0.39 is 5.54 Å². The minimum absolute atomic E-state index is 0.133. The molecule has 0 unspecified atom stereocenters. The van der Waals surface area contributed by atoms with Gasteiger partial charge < -0.3 is 15.0 Å². The van der Waals surface area contributed by atoms with Crippen molar-refractivity contribution in [3.63, 3.8) is 0 Å². The van der Waals surface area contributed by atoms with Crippen LogP contribution in [0.5, 0.6) is 5.75 Å². The Bertz CT molecular complexity index is 1110. The van der Waals surface area contributed by atoms with Gasteiger partial charge in [-0.05, 0) is 48.7 Å². The summed E-state index contributed by atoms with van der Waals surface area (Å²) in [6, 6.07) is 25.0. The molecule has 164 valence electrons. The highest BCUT2D eigenvalue weighted by Gasteiger charge is 2.46. The Balaban J connectivity index is 1.64. The number of nitrogens with one attached hydrogen (secondary N) is 1. The normalized spacial score (nSPS) is 17.6. The van der Waals surface area contributed by atoms with Gasteiger partial charge in [-0.15, -0.1) is 0 Å². The maximum absolute atomic E-state index is 13.5. The molecule has 0 saturated heterocycles. The number of ether oxygens (including phenoxy) is 1. The lowest BCUT2D eigenvalue weighted by Crippen LogP contribution is -2.62. The van der Waals surface area contributed by atoms with E-state index in [0.29, 0.717) is 31.7 Å². The largest absolute Gasteiger partial charge is 0.494 e. The monoisotopic (exact) mass is 428 g/mol. The summed E-state index contributed by atoms with van der Waals surface area (Å²) in [7, 11) is 0. The first-order valence-electron chi connectivity index (χ1n) is 10.9. The minimum Gasteiger partial charge on any atom is -0.494 e. The molecule has 4 rings (SSSR count). The van der Waals surface area contributed by atoms with Gasteiger partial charge in [-0.1, -0.05) is 60.7 Å². The fourth-order valence-corrected chi connectivity index (χ4v) is 4.22. The highest BCUT2D eigenvalue weighted by molar-refractivity contribution is 6.02. The van der Waals surface area contributed by atoms with Crippen molar-refractivity contribution >= 4 is 11.8 Å². The summed E-state index contributed by atoms with van der Waals surface area (Å²) in [6.45, 7) is 5.10. The average molecular weight is 429 g/mol. The first kappa shape index (κ1) is 21.6. The molecule has 0 aliphatic carbocycles. The highest BCUT2D eigenvalue weighted by Crippen LogP contribution is 2.33. The maximum Gasteiger partial charge on any atom is 0.255 e. The first-order valence-corrected chi connectivity index (χ1v) is 10.9. The second-order valence-corrected chi connectivity index (χ2v) is 8.25. The molecule has 3 aromatic rings. The quantitative estimate of drug-likeness (QED) is 0.608. The van der Waals surface area contributed by atoms with Gasteiger partial charge in [-0.3, -0.25) is 9.59 Å². The summed E-state index contributed by atoms with van der Waals surface area (Å²) in [5.41, 5.74) is 2.48. The van der Waals surface area contributed by atoms with Crippen LogP contribution in [0.2, 0.25) is 0 Å². The van der Waals surface area contributed by atoms with E-state index in [2.05, 4.69) is 5.32 Å². The molecule has 0 fully saturated rings. The zero-order valence-electron chi connectivity index (χ0n) is 18.5. The van der Waals surface area contributed by atoms with Gasteiger partial charge >= 0.3 is 0 Å². The van der Waals surface area contributed by atoms with Crippen molar-refractivity contribution in [1.82, 2.24) is 10.2 Å². The van der Waals surface area contributed by atoms with Crippen LogP contribution in [-0.2, 0) is 24.3 Å². The van der Waals surface area contributed by atoms with Crippen LogP contribution in [0.4, 0.5) is 0 Å². The summed E-state index contributed by atoms with van der Waals surface area (Å²) in [4.78, 5) is 28.7. The van der Waals surface area contributed by atoms with E-state index in [1.165, 1.54) is 0 Å². The van der Waals surface area contributed by atoms with E-state index >= 15 is 0 Å². The van der Waals surface area contributed by atoms with Gasteiger partial charge in [-0.25, -0.2) is 0 Å². The van der Waals surface area contributed by atoms with Crippen LogP contribution < -0.4 is 10.1 Å². The SMILES string of the molecule is CCOc1cccc(CN2C(=O)c3ccccc3C[C@@]2(C)C(=O)NCc2ccccc2)c1. The number of hydrogen-bond acceptors (Lipinski definition) is 3. The molecule has 0 radical (unpaired) electrons. The van der Waals surface area contributed by atoms with Crippen molar-refractivity contribution in [2.45, 2.75) is 38.9 Å². The molecule has 2 amide bonds. The lowest BCUT2D eigenvalue weighted by Gasteiger charge is -2.44. The Kier molecular flexibility index (Phi) is 6.26. The van der Waals surface area contributed by atoms with Gasteiger partial charge in [0, 0.05) is 25.1 Å². The molecule has 5 heteroatoms. The number of fused-ring (bicyclic) bond motifs is 1. The molecule has 1 aliphatic rings. The fraction of sp³-hybridized carbons (Fsp3) is 0.259. The van der Waals surface area contributed by atoms with Crippen LogP contribution in [-0.4, -0.2) is 28.9 Å². The van der Waals surface area contributed by atoms with Gasteiger partial charge in [0.15, 0.2) is 0 Å². The molecule has 0 saturated carbocycles. The van der Waals surface area contributed by atoms with E-state index in [1.54, 1.807) is 4.90 Å². The highest BCUT2D eigenvalue weighted by atomic mass is 16.5. The molecule has 1 N–H and O–H groups in total. The second-order valence-electron chi connectivity index (χ2n) is 8.25. The Morgan fingerprint density at radius 3 is 2.50 bits per heavy atom. The Hall–Kier alpha value is -3.60. The van der Waals surface area contributed by atoms with Crippen LogP contribution in [0, 0.1) is 0 Å². The average Bonchev–Trinajstić information content (AvgIpc) is 2.81. The van der Waals surface area contributed by atoms with Crippen LogP contribution in [0.1, 0.15) is 40.9 Å². The molecule has 1 heterocycles. The van der Waals surface area contributed by atoms with Gasteiger partial charge in [-0.2, -0.15) is 0 Å². The first-order chi connectivity index (χ1) is 15.5. The third-order valence-electron chi connectivity index (χ3n) is 5.96. The smallest absolute Gasteiger partial charge is 0.255 e. The van der Waals surface area contributed by atoms with Crippen molar-refractivity contribution in [3.8, 4) is 5.75 Å². The van der Waals surface area contributed by atoms with E-state index in [-0.39, 0.29) is 11.8 Å². The third kappa shape index (κ3) is 4.37. The van der Waals surface area contributed by atoms with Gasteiger partial charge in [0.2, 0.25) is 5.91 Å². The predicted molar refractivity (Wildman–Crippen MR) is 124 cm³/mol. The van der Waals surface area contributed by atoms with E-state index in [0.717, 1.165) is 22.4 Å². The lowest BCUT2D eigenvalue weighted by molar-refractivity contribution is -0.132. The molecule has 1 aliphatic heterocycles. The van der Waals surface area contributed by atoms with E-state index in [9.17, 15) is 9.59 Å². The number of carbonyl (C=O) groups is 2. The molecular formula is C27H28N2O3. The molecule has 0 aromatic heterocycles. The van der Waals surface area contributed by atoms with Crippen LogP contribution in [0.25, 0.3) is 0 Å². The third-order valence-corrected chi connectivity index (χ3v) is 5.96. The Labute approximate surface area is 189 Å². The van der Waals surface area contributed by atoms with Crippen molar-refractivity contribution in [3.05, 3.63) is 101 Å². The van der Waals surface area contributed by atoms with Crippen LogP contribution in [0.15, 0.2) is 78.9 Å². The molecule has 0 bridgehead atoms. The number of benzene rings is 3. The molecular weight excluding hydrogens is 400 g/mol. The zero-order valence-corrected chi connectivity index (χ0v) is 18.5. The van der Waals surface area contributed by atoms with Gasteiger partial charge in [0.1, 0.15) is 11.3 Å². The van der Waals surface area contributed by atoms with Crippen LogP contribution >= 0.6 is 0 Å². The van der Waals surface area contributed by atoms with Gasteiger partial charge in [0.05, 0.1) is 6.61 Å². The molecule has 0 spiro atoms. The lowest BCUT2D eigenvalue weighted by atomic mass is 9.82. The molecule has 5 nitrogen and oxygen atoms in total. The zero-order chi connectivity index (χ0) is 22.6. The minimum atomic E-state index is -1.01. The summed E-state index contributed by atoms with van der Waals surface area (Å²) in [5, 5.41) is 3.05.